The topological polar surface area (TPSA) is 50.5 Å². The Bertz CT molecular complexity index is 567. The third kappa shape index (κ3) is 3.92. The lowest BCUT2D eigenvalue weighted by molar-refractivity contribution is -0.141. The zero-order valence-corrected chi connectivity index (χ0v) is 13.8. The van der Waals surface area contributed by atoms with Crippen molar-refractivity contribution in [2.24, 2.45) is 7.05 Å². The Labute approximate surface area is 139 Å². The van der Waals surface area contributed by atoms with Crippen LogP contribution in [0.4, 0.5) is 13.2 Å². The lowest BCUT2D eigenvalue weighted by atomic mass is 9.91. The van der Waals surface area contributed by atoms with Crippen LogP contribution in [-0.2, 0) is 18.0 Å². The van der Waals surface area contributed by atoms with Crippen molar-refractivity contribution in [1.82, 2.24) is 14.5 Å². The van der Waals surface area contributed by atoms with E-state index in [0.29, 0.717) is 45.0 Å². The van der Waals surface area contributed by atoms with Gasteiger partial charge in [-0.05, 0) is 19.4 Å². The van der Waals surface area contributed by atoms with Crippen molar-refractivity contribution in [3.05, 3.63) is 17.7 Å². The fourth-order valence-electron chi connectivity index (χ4n) is 3.73. The molecular weight excluding hydrogens is 323 g/mol. The first-order valence-electron chi connectivity index (χ1n) is 8.40. The molecule has 5 nitrogen and oxygen atoms in total. The van der Waals surface area contributed by atoms with E-state index in [1.54, 1.807) is 7.05 Å². The minimum absolute atomic E-state index is 0.0386. The molecule has 0 radical (unpaired) electrons. The summed E-state index contributed by atoms with van der Waals surface area (Å²) < 4.78 is 45.3. The summed E-state index contributed by atoms with van der Waals surface area (Å²) in [6.07, 6.45) is -0.433. The van der Waals surface area contributed by atoms with Gasteiger partial charge in [-0.1, -0.05) is 0 Å². The molecule has 3 heterocycles. The van der Waals surface area contributed by atoms with Crippen molar-refractivity contribution < 1.29 is 23.0 Å². The molecule has 0 spiro atoms. The summed E-state index contributed by atoms with van der Waals surface area (Å²) in [6.45, 7) is 3.15. The van der Waals surface area contributed by atoms with E-state index in [4.69, 9.17) is 4.74 Å². The first-order chi connectivity index (χ1) is 11.3. The fourth-order valence-corrected chi connectivity index (χ4v) is 3.73. The van der Waals surface area contributed by atoms with Crippen LogP contribution in [0.1, 0.15) is 43.1 Å². The number of aliphatic hydroxyl groups is 1. The van der Waals surface area contributed by atoms with Crippen LogP contribution in [0, 0.1) is 0 Å². The molecule has 2 fully saturated rings. The smallest absolute Gasteiger partial charge is 0.388 e. The average Bonchev–Trinajstić information content (AvgIpc) is 2.90. The van der Waals surface area contributed by atoms with Crippen molar-refractivity contribution in [1.29, 1.82) is 0 Å². The minimum Gasteiger partial charge on any atom is -0.388 e. The molecule has 0 aliphatic carbocycles. The molecule has 8 heteroatoms. The van der Waals surface area contributed by atoms with Crippen LogP contribution in [0.5, 0.6) is 0 Å². The summed E-state index contributed by atoms with van der Waals surface area (Å²) in [4.78, 5) is 5.99. The molecule has 1 aromatic heterocycles. The van der Waals surface area contributed by atoms with E-state index in [1.165, 1.54) is 4.57 Å². The Balaban J connectivity index is 1.68. The van der Waals surface area contributed by atoms with Crippen LogP contribution in [0.2, 0.25) is 0 Å². The second-order valence-corrected chi connectivity index (χ2v) is 7.00. The predicted octanol–water partition coefficient (Wildman–Crippen LogP) is 2.16. The van der Waals surface area contributed by atoms with Crippen LogP contribution in [0.3, 0.4) is 0 Å². The monoisotopic (exact) mass is 347 g/mol. The van der Waals surface area contributed by atoms with Gasteiger partial charge in [0, 0.05) is 58.3 Å². The van der Waals surface area contributed by atoms with Crippen molar-refractivity contribution in [2.45, 2.75) is 43.4 Å². The molecule has 0 unspecified atom stereocenters. The second kappa shape index (κ2) is 6.65. The van der Waals surface area contributed by atoms with Gasteiger partial charge in [-0.15, -0.1) is 0 Å². The molecule has 24 heavy (non-hydrogen) atoms. The van der Waals surface area contributed by atoms with Crippen molar-refractivity contribution >= 4 is 0 Å². The lowest BCUT2D eigenvalue weighted by Gasteiger charge is -2.40. The number of imidazole rings is 1. The number of rotatable bonds is 3. The molecule has 0 saturated carbocycles. The highest BCUT2D eigenvalue weighted by molar-refractivity contribution is 5.12. The lowest BCUT2D eigenvalue weighted by Crippen LogP contribution is -2.49. The molecule has 1 N–H and O–H groups in total. The molecule has 0 bridgehead atoms. The Morgan fingerprint density at radius 2 is 2.08 bits per heavy atom. The van der Waals surface area contributed by atoms with E-state index in [2.05, 4.69) is 9.88 Å². The summed E-state index contributed by atoms with van der Waals surface area (Å²) in [5, 5.41) is 10.7. The van der Waals surface area contributed by atoms with E-state index >= 15 is 0 Å². The highest BCUT2D eigenvalue weighted by Crippen LogP contribution is 2.33. The number of halogens is 3. The van der Waals surface area contributed by atoms with Crippen molar-refractivity contribution in [3.63, 3.8) is 0 Å². The van der Waals surface area contributed by atoms with Crippen LogP contribution < -0.4 is 0 Å². The minimum atomic E-state index is -4.42. The van der Waals surface area contributed by atoms with Gasteiger partial charge in [0.15, 0.2) is 5.69 Å². The first kappa shape index (κ1) is 17.7. The van der Waals surface area contributed by atoms with E-state index in [1.807, 2.05) is 0 Å². The summed E-state index contributed by atoms with van der Waals surface area (Å²) in [7, 11) is 1.61. The third-order valence-corrected chi connectivity index (χ3v) is 5.01. The molecular formula is C16H24F3N3O2. The summed E-state index contributed by atoms with van der Waals surface area (Å²) in [5.41, 5.74) is -1.58. The van der Waals surface area contributed by atoms with E-state index in [9.17, 15) is 18.3 Å². The second-order valence-electron chi connectivity index (χ2n) is 7.00. The van der Waals surface area contributed by atoms with Gasteiger partial charge in [0.1, 0.15) is 5.82 Å². The maximum Gasteiger partial charge on any atom is 0.434 e. The number of likely N-dealkylation sites (tertiary alicyclic amines) is 1. The summed E-state index contributed by atoms with van der Waals surface area (Å²) in [5.74, 6) is 0.439. The molecule has 2 aliphatic heterocycles. The van der Waals surface area contributed by atoms with Crippen molar-refractivity contribution in [3.8, 4) is 0 Å². The number of aryl methyl sites for hydroxylation is 1. The Morgan fingerprint density at radius 3 is 2.71 bits per heavy atom. The quantitative estimate of drug-likeness (QED) is 0.910. The summed E-state index contributed by atoms with van der Waals surface area (Å²) in [6, 6.07) is 0. The number of aromatic nitrogens is 2. The van der Waals surface area contributed by atoms with Crippen LogP contribution in [0.15, 0.2) is 6.20 Å². The largest absolute Gasteiger partial charge is 0.434 e. The zero-order valence-electron chi connectivity index (χ0n) is 13.8. The summed E-state index contributed by atoms with van der Waals surface area (Å²) >= 11 is 0. The van der Waals surface area contributed by atoms with Crippen LogP contribution >= 0.6 is 0 Å². The molecule has 136 valence electrons. The predicted molar refractivity (Wildman–Crippen MR) is 81.6 cm³/mol. The van der Waals surface area contributed by atoms with E-state index in [-0.39, 0.29) is 5.92 Å². The molecule has 0 aromatic carbocycles. The van der Waals surface area contributed by atoms with Gasteiger partial charge in [-0.25, -0.2) is 4.98 Å². The molecule has 0 amide bonds. The van der Waals surface area contributed by atoms with Gasteiger partial charge in [0.2, 0.25) is 0 Å². The molecule has 2 saturated heterocycles. The Hall–Kier alpha value is -1.12. The van der Waals surface area contributed by atoms with E-state index in [0.717, 1.165) is 25.6 Å². The Morgan fingerprint density at radius 1 is 1.38 bits per heavy atom. The van der Waals surface area contributed by atoms with Gasteiger partial charge in [-0.2, -0.15) is 13.2 Å². The number of β-amino-alcohol motifs (C(OH)–C–C–N with tert-alkyl or cyclic N) is 1. The maximum absolute atomic E-state index is 12.9. The first-order valence-corrected chi connectivity index (χ1v) is 8.40. The molecule has 2 aliphatic rings. The van der Waals surface area contributed by atoms with Gasteiger partial charge < -0.3 is 14.4 Å². The maximum atomic E-state index is 12.9. The van der Waals surface area contributed by atoms with Crippen LogP contribution in [0.25, 0.3) is 0 Å². The number of piperidine rings is 1. The SMILES string of the molecule is Cn1cc(C(F)(F)F)nc1[C@H]1CCCN(CC2(O)CCOCC2)C1. The van der Waals surface area contributed by atoms with E-state index < -0.39 is 17.5 Å². The number of alkyl halides is 3. The number of hydrogen-bond donors (Lipinski definition) is 1. The van der Waals surface area contributed by atoms with Gasteiger partial charge in [0.05, 0.1) is 5.60 Å². The average molecular weight is 347 g/mol. The van der Waals surface area contributed by atoms with Gasteiger partial charge >= 0.3 is 6.18 Å². The number of nitrogens with zero attached hydrogens (tertiary/aromatic N) is 3. The third-order valence-electron chi connectivity index (χ3n) is 5.01. The van der Waals surface area contributed by atoms with Crippen LogP contribution in [-0.4, -0.2) is 58.0 Å². The molecule has 1 aromatic rings. The zero-order chi connectivity index (χ0) is 17.4. The molecule has 1 atom stereocenters. The van der Waals surface area contributed by atoms with Gasteiger partial charge in [0.25, 0.3) is 0 Å². The number of hydrogen-bond acceptors (Lipinski definition) is 4. The number of ether oxygens (including phenoxy) is 1. The molecule has 3 rings (SSSR count). The normalized spacial score (nSPS) is 25.8. The standard InChI is InChI=1S/C16H24F3N3O2/c1-21-10-13(16(17,18)19)20-14(21)12-3-2-6-22(9-12)11-15(23)4-7-24-8-5-15/h10,12,23H,2-9,11H2,1H3/t12-/m0/s1. The van der Waals surface area contributed by atoms with Crippen molar-refractivity contribution in [2.75, 3.05) is 32.8 Å². The highest BCUT2D eigenvalue weighted by Gasteiger charge is 2.37. The fraction of sp³-hybridized carbons (Fsp3) is 0.812. The van der Waals surface area contributed by atoms with Gasteiger partial charge in [-0.3, -0.25) is 4.90 Å². The highest BCUT2D eigenvalue weighted by atomic mass is 19.4. The Kier molecular flexibility index (Phi) is 4.90.